The lowest BCUT2D eigenvalue weighted by molar-refractivity contribution is -0.139. The summed E-state index contributed by atoms with van der Waals surface area (Å²) in [4.78, 5) is 10.3. The van der Waals surface area contributed by atoms with Crippen molar-refractivity contribution in [3.8, 4) is 0 Å². The summed E-state index contributed by atoms with van der Waals surface area (Å²) in [5.41, 5.74) is 0. The zero-order valence-electron chi connectivity index (χ0n) is 6.29. The normalized spacial score (nSPS) is 13.5. The number of nitrogens with one attached hydrogen (secondary N) is 1. The highest BCUT2D eigenvalue weighted by atomic mass is 16.4. The van der Waals surface area contributed by atoms with Crippen molar-refractivity contribution in [1.29, 1.82) is 0 Å². The molecule has 2 radical (unpaired) electrons. The van der Waals surface area contributed by atoms with Gasteiger partial charge in [0.15, 0.2) is 7.98 Å². The van der Waals surface area contributed by atoms with Crippen LogP contribution in [0.5, 0.6) is 0 Å². The van der Waals surface area contributed by atoms with Crippen LogP contribution >= 0.6 is 0 Å². The van der Waals surface area contributed by atoms with E-state index in [2.05, 4.69) is 5.23 Å². The number of carboxylic acid groups (broad SMARTS) is 1. The Morgan fingerprint density at radius 2 is 2.20 bits per heavy atom. The molecule has 10 heavy (non-hydrogen) atoms. The minimum Gasteiger partial charge on any atom is -0.480 e. The maximum atomic E-state index is 10.3. The molecule has 2 N–H and O–H groups in total. The van der Waals surface area contributed by atoms with E-state index in [0.717, 1.165) is 0 Å². The van der Waals surface area contributed by atoms with Gasteiger partial charge in [-0.05, 0) is 12.3 Å². The van der Waals surface area contributed by atoms with Crippen LogP contribution in [0.1, 0.15) is 20.3 Å². The third kappa shape index (κ3) is 3.51. The summed E-state index contributed by atoms with van der Waals surface area (Å²) in [5, 5.41) is 10.7. The highest BCUT2D eigenvalue weighted by Gasteiger charge is 2.14. The molecule has 4 heteroatoms. The number of aliphatic carboxylic acids is 1. The van der Waals surface area contributed by atoms with Gasteiger partial charge in [-0.15, -0.1) is 0 Å². The van der Waals surface area contributed by atoms with Crippen LogP contribution in [-0.4, -0.2) is 25.1 Å². The van der Waals surface area contributed by atoms with Gasteiger partial charge in [0.2, 0.25) is 0 Å². The molecular formula is C6H12BNO2. The summed E-state index contributed by atoms with van der Waals surface area (Å²) in [6, 6.07) is -0.611. The first-order valence-corrected chi connectivity index (χ1v) is 3.26. The minimum absolute atomic E-state index is 0.345. The van der Waals surface area contributed by atoms with Gasteiger partial charge >= 0.3 is 5.97 Å². The third-order valence-electron chi connectivity index (χ3n) is 1.21. The van der Waals surface area contributed by atoms with Crippen LogP contribution in [0.25, 0.3) is 0 Å². The molecule has 0 spiro atoms. The van der Waals surface area contributed by atoms with Crippen LogP contribution in [0, 0.1) is 5.92 Å². The summed E-state index contributed by atoms with van der Waals surface area (Å²) in [6.07, 6.45) is 0.561. The molecule has 0 heterocycles. The van der Waals surface area contributed by atoms with E-state index in [4.69, 9.17) is 13.1 Å². The number of hydrogen-bond donors (Lipinski definition) is 2. The second-order valence-electron chi connectivity index (χ2n) is 2.69. The molecule has 0 aromatic heterocycles. The van der Waals surface area contributed by atoms with E-state index in [0.29, 0.717) is 12.3 Å². The van der Waals surface area contributed by atoms with Crippen LogP contribution in [0.3, 0.4) is 0 Å². The Hall–Kier alpha value is -0.505. The molecule has 0 bridgehead atoms. The maximum Gasteiger partial charge on any atom is 0.319 e. The van der Waals surface area contributed by atoms with Crippen LogP contribution < -0.4 is 5.23 Å². The number of carboxylic acids is 1. The second-order valence-corrected chi connectivity index (χ2v) is 2.69. The average molecular weight is 141 g/mol. The summed E-state index contributed by atoms with van der Waals surface area (Å²) in [7, 11) is 4.99. The smallest absolute Gasteiger partial charge is 0.319 e. The molecule has 1 unspecified atom stereocenters. The van der Waals surface area contributed by atoms with E-state index >= 15 is 0 Å². The van der Waals surface area contributed by atoms with Crippen LogP contribution in [0.2, 0.25) is 0 Å². The fraction of sp³-hybridized carbons (Fsp3) is 0.833. The van der Waals surface area contributed by atoms with Gasteiger partial charge in [0.25, 0.3) is 0 Å². The van der Waals surface area contributed by atoms with Crippen molar-refractivity contribution in [2.45, 2.75) is 26.3 Å². The summed E-state index contributed by atoms with van der Waals surface area (Å²) in [5.74, 6) is -0.548. The van der Waals surface area contributed by atoms with Gasteiger partial charge in [-0.3, -0.25) is 4.79 Å². The minimum atomic E-state index is -0.892. The molecule has 0 aliphatic heterocycles. The average Bonchev–Trinajstić information content (AvgIpc) is 1.81. The van der Waals surface area contributed by atoms with E-state index < -0.39 is 12.0 Å². The molecule has 56 valence electrons. The molecular weight excluding hydrogens is 129 g/mol. The van der Waals surface area contributed by atoms with Crippen LogP contribution in [0.15, 0.2) is 0 Å². The summed E-state index contributed by atoms with van der Waals surface area (Å²) in [6.45, 7) is 3.90. The number of hydrogen-bond acceptors (Lipinski definition) is 2. The summed E-state index contributed by atoms with van der Waals surface area (Å²) >= 11 is 0. The predicted molar refractivity (Wildman–Crippen MR) is 39.8 cm³/mol. The topological polar surface area (TPSA) is 49.3 Å². The van der Waals surface area contributed by atoms with Gasteiger partial charge in [0.05, 0.1) is 6.04 Å². The van der Waals surface area contributed by atoms with Gasteiger partial charge in [0, 0.05) is 0 Å². The van der Waals surface area contributed by atoms with Crippen molar-refractivity contribution in [2.75, 3.05) is 0 Å². The molecule has 0 aromatic rings. The van der Waals surface area contributed by atoms with Crippen molar-refractivity contribution in [1.82, 2.24) is 5.23 Å². The predicted octanol–water partition coefficient (Wildman–Crippen LogP) is 0.159. The molecule has 3 nitrogen and oxygen atoms in total. The fourth-order valence-electron chi connectivity index (χ4n) is 0.712. The lowest BCUT2D eigenvalue weighted by Crippen LogP contribution is -2.35. The Balaban J connectivity index is 3.72. The van der Waals surface area contributed by atoms with Crippen molar-refractivity contribution >= 4 is 14.0 Å². The first kappa shape index (κ1) is 9.49. The van der Waals surface area contributed by atoms with Crippen LogP contribution in [-0.2, 0) is 4.79 Å². The zero-order valence-corrected chi connectivity index (χ0v) is 6.29. The molecule has 0 rings (SSSR count). The van der Waals surface area contributed by atoms with Crippen molar-refractivity contribution < 1.29 is 9.90 Å². The van der Waals surface area contributed by atoms with Crippen molar-refractivity contribution in [3.05, 3.63) is 0 Å². The van der Waals surface area contributed by atoms with E-state index in [1.165, 1.54) is 0 Å². The standard InChI is InChI=1S/C6H12BNO2/c1-4(2)3-5(8-7)6(9)10/h4-5,8H,3H2,1-2H3,(H,9,10). The highest BCUT2D eigenvalue weighted by Crippen LogP contribution is 2.03. The van der Waals surface area contributed by atoms with Gasteiger partial charge < -0.3 is 10.3 Å². The lowest BCUT2D eigenvalue weighted by atomic mass is 10.0. The second kappa shape index (κ2) is 4.33. The van der Waals surface area contributed by atoms with Gasteiger partial charge in [-0.25, -0.2) is 0 Å². The van der Waals surface area contributed by atoms with E-state index in [1.54, 1.807) is 0 Å². The van der Waals surface area contributed by atoms with E-state index in [1.807, 2.05) is 13.8 Å². The maximum absolute atomic E-state index is 10.3. The largest absolute Gasteiger partial charge is 0.480 e. The number of carbonyl (C=O) groups is 1. The van der Waals surface area contributed by atoms with Crippen molar-refractivity contribution in [2.24, 2.45) is 5.92 Å². The molecule has 0 aromatic carbocycles. The molecule has 1 atom stereocenters. The van der Waals surface area contributed by atoms with Gasteiger partial charge in [-0.2, -0.15) is 0 Å². The molecule has 0 saturated heterocycles. The Kier molecular flexibility index (Phi) is 4.11. The Morgan fingerprint density at radius 3 is 2.30 bits per heavy atom. The Morgan fingerprint density at radius 1 is 1.70 bits per heavy atom. The van der Waals surface area contributed by atoms with Gasteiger partial charge in [0.1, 0.15) is 0 Å². The highest BCUT2D eigenvalue weighted by molar-refractivity contribution is 6.06. The van der Waals surface area contributed by atoms with Crippen molar-refractivity contribution in [3.63, 3.8) is 0 Å². The Labute approximate surface area is 62.2 Å². The zero-order chi connectivity index (χ0) is 8.15. The number of rotatable bonds is 4. The molecule has 0 amide bonds. The fourth-order valence-corrected chi connectivity index (χ4v) is 0.712. The first-order chi connectivity index (χ1) is 4.57. The Bertz CT molecular complexity index is 116. The quantitative estimate of drug-likeness (QED) is 0.548. The van der Waals surface area contributed by atoms with E-state index in [-0.39, 0.29) is 0 Å². The molecule has 0 saturated carbocycles. The lowest BCUT2D eigenvalue weighted by Gasteiger charge is -2.12. The molecule has 0 aliphatic rings. The third-order valence-corrected chi connectivity index (χ3v) is 1.21. The monoisotopic (exact) mass is 141 g/mol. The molecule has 0 aliphatic carbocycles. The van der Waals surface area contributed by atoms with Gasteiger partial charge in [-0.1, -0.05) is 13.8 Å². The molecule has 0 fully saturated rings. The van der Waals surface area contributed by atoms with E-state index in [9.17, 15) is 4.79 Å². The first-order valence-electron chi connectivity index (χ1n) is 3.26. The summed E-state index contributed by atoms with van der Waals surface area (Å²) < 4.78 is 0. The van der Waals surface area contributed by atoms with Crippen LogP contribution in [0.4, 0.5) is 0 Å². The SMILES string of the molecule is [B]NC(CC(C)C)C(=O)O.